The van der Waals surface area contributed by atoms with Crippen LogP contribution in [-0.4, -0.2) is 83.6 Å². The average Bonchev–Trinajstić information content (AvgIpc) is 3.23. The van der Waals surface area contributed by atoms with Crippen LogP contribution in [0.3, 0.4) is 0 Å². The Kier molecular flexibility index (Phi) is 6.20. The van der Waals surface area contributed by atoms with Crippen LogP contribution < -0.4 is 15.4 Å². The first-order valence-electron chi connectivity index (χ1n) is 11.5. The number of methoxy groups -OCH3 is 1. The second-order valence-corrected chi connectivity index (χ2v) is 8.58. The molecule has 3 aliphatic rings. The van der Waals surface area contributed by atoms with Gasteiger partial charge in [-0.05, 0) is 42.8 Å². The summed E-state index contributed by atoms with van der Waals surface area (Å²) in [5.41, 5.74) is 3.60. The van der Waals surface area contributed by atoms with Crippen molar-refractivity contribution in [3.05, 3.63) is 76.0 Å². The van der Waals surface area contributed by atoms with Gasteiger partial charge >= 0.3 is 0 Å². The number of carbonyl (C=O) groups is 3. The summed E-state index contributed by atoms with van der Waals surface area (Å²) in [7, 11) is 1.59. The molecule has 35 heavy (non-hydrogen) atoms. The number of nitrogens with zero attached hydrogens (tertiary/aromatic N) is 4. The Labute approximate surface area is 202 Å². The smallest absolute Gasteiger partial charge is 0.253 e. The van der Waals surface area contributed by atoms with E-state index in [0.717, 1.165) is 13.1 Å². The Morgan fingerprint density at radius 1 is 1.09 bits per heavy atom. The number of fused-ring (bicyclic) bond motifs is 1. The molecule has 2 aliphatic heterocycles. The molecule has 1 atom stereocenters. The average molecular weight is 479 g/mol. The van der Waals surface area contributed by atoms with Gasteiger partial charge in [-0.15, -0.1) is 0 Å². The van der Waals surface area contributed by atoms with Gasteiger partial charge in [0.25, 0.3) is 5.91 Å². The largest absolute Gasteiger partial charge is 0.582 e. The van der Waals surface area contributed by atoms with Crippen LogP contribution in [0.2, 0.25) is 0 Å². The summed E-state index contributed by atoms with van der Waals surface area (Å²) >= 11 is 0. The van der Waals surface area contributed by atoms with E-state index >= 15 is 0 Å². The number of ether oxygens (including phenoxy) is 1. The van der Waals surface area contributed by atoms with E-state index in [1.165, 1.54) is 11.2 Å². The van der Waals surface area contributed by atoms with Gasteiger partial charge in [0.05, 0.1) is 19.2 Å². The molecule has 1 aromatic carbocycles. The Morgan fingerprint density at radius 2 is 1.83 bits per heavy atom. The highest BCUT2D eigenvalue weighted by Crippen LogP contribution is 2.26. The maximum atomic E-state index is 13.0. The van der Waals surface area contributed by atoms with Crippen molar-refractivity contribution >= 4 is 17.5 Å². The molecule has 11 nitrogen and oxygen atoms in total. The number of Topliss-reactive ketones (excluding diaryl/α,β-unsaturated/α-hetero) is 2. The molecule has 2 aromatic rings. The quantitative estimate of drug-likeness (QED) is 0.536. The highest BCUT2D eigenvalue weighted by atomic mass is 16.6. The van der Waals surface area contributed by atoms with Gasteiger partial charge in [0.1, 0.15) is 11.4 Å². The molecule has 0 bridgehead atoms. The van der Waals surface area contributed by atoms with Gasteiger partial charge in [-0.2, -0.15) is 10.3 Å². The molecule has 0 radical (unpaired) electrons. The molecule has 0 spiro atoms. The van der Waals surface area contributed by atoms with E-state index in [2.05, 4.69) is 15.3 Å². The van der Waals surface area contributed by atoms with Crippen molar-refractivity contribution in [3.8, 4) is 5.75 Å². The molecule has 1 unspecified atom stereocenters. The number of nitrogens with one attached hydrogen (secondary N) is 2. The van der Waals surface area contributed by atoms with Crippen LogP contribution in [0.15, 0.2) is 54.0 Å². The zero-order valence-electron chi connectivity index (χ0n) is 19.3. The van der Waals surface area contributed by atoms with Crippen LogP contribution in [0.25, 0.3) is 0 Å². The first-order chi connectivity index (χ1) is 17.0. The Bertz CT molecular complexity index is 1190. The number of ketones is 2. The lowest BCUT2D eigenvalue weighted by molar-refractivity contribution is -0.993. The third kappa shape index (κ3) is 4.25. The first-order valence-corrected chi connectivity index (χ1v) is 11.5. The number of aromatic nitrogens is 1. The van der Waals surface area contributed by atoms with Gasteiger partial charge in [0, 0.05) is 44.5 Å². The van der Waals surface area contributed by atoms with Crippen molar-refractivity contribution in [3.63, 3.8) is 0 Å². The van der Waals surface area contributed by atoms with Crippen molar-refractivity contribution in [1.29, 1.82) is 0 Å². The predicted molar refractivity (Wildman–Crippen MR) is 124 cm³/mol. The molecule has 1 aliphatic carbocycles. The molecular weight excluding hydrogens is 452 g/mol. The standard InChI is InChI=1S/C24H26N6O5/c1-35-17-7-5-16(6-8-17)24(33)28-14-12-27(13-15-28)10-3-11-29-21-20(26-30(29)34)22(31)18-4-2-9-25-19(18)23(21)32/h2,4-9,26,30H,3,10-15H2,1H3. The second kappa shape index (κ2) is 9.45. The third-order valence-electron chi connectivity index (χ3n) is 6.55. The van der Waals surface area contributed by atoms with Crippen LogP contribution in [0, 0.1) is 5.21 Å². The Balaban J connectivity index is 1.14. The topological polar surface area (TPSA) is 123 Å². The first kappa shape index (κ1) is 23.0. The number of hydrogen-bond donors (Lipinski definition) is 2. The van der Waals surface area contributed by atoms with Crippen molar-refractivity contribution < 1.29 is 24.4 Å². The van der Waals surface area contributed by atoms with Crippen molar-refractivity contribution in [2.24, 2.45) is 0 Å². The van der Waals surface area contributed by atoms with Crippen molar-refractivity contribution in [2.45, 2.75) is 6.42 Å². The number of allylic oxidation sites excluding steroid dienone is 2. The zero-order valence-corrected chi connectivity index (χ0v) is 19.3. The minimum Gasteiger partial charge on any atom is -0.582 e. The molecule has 3 heterocycles. The van der Waals surface area contributed by atoms with Gasteiger partial charge in [-0.1, -0.05) is 0 Å². The molecule has 1 fully saturated rings. The maximum Gasteiger partial charge on any atom is 0.253 e. The number of rotatable bonds is 6. The fourth-order valence-electron chi connectivity index (χ4n) is 4.64. The molecule has 11 heteroatoms. The zero-order chi connectivity index (χ0) is 24.5. The SMILES string of the molecule is COc1ccc(C(=O)N2CCN(CCCN3C4=C(N[NH+]3[O-])C(=O)c3cccnc3C4=O)CC2)cc1. The lowest BCUT2D eigenvalue weighted by Crippen LogP contribution is -3.17. The van der Waals surface area contributed by atoms with Crippen LogP contribution >= 0.6 is 0 Å². The van der Waals surface area contributed by atoms with E-state index in [1.54, 1.807) is 43.5 Å². The lowest BCUT2D eigenvalue weighted by Gasteiger charge is -2.35. The highest BCUT2D eigenvalue weighted by Gasteiger charge is 2.44. The van der Waals surface area contributed by atoms with Gasteiger partial charge in [-0.3, -0.25) is 24.3 Å². The van der Waals surface area contributed by atoms with Crippen LogP contribution in [0.5, 0.6) is 5.75 Å². The van der Waals surface area contributed by atoms with Gasteiger partial charge in [-0.25, -0.2) is 5.43 Å². The summed E-state index contributed by atoms with van der Waals surface area (Å²) in [6.07, 6.45) is 2.08. The summed E-state index contributed by atoms with van der Waals surface area (Å²) in [5.74, 6) is -0.106. The van der Waals surface area contributed by atoms with Gasteiger partial charge in [0.15, 0.2) is 11.4 Å². The monoisotopic (exact) mass is 478 g/mol. The molecule has 1 saturated heterocycles. The second-order valence-electron chi connectivity index (χ2n) is 8.58. The summed E-state index contributed by atoms with van der Waals surface area (Å²) < 4.78 is 5.14. The number of benzene rings is 1. The molecule has 0 saturated carbocycles. The van der Waals surface area contributed by atoms with Gasteiger partial charge < -0.3 is 14.8 Å². The van der Waals surface area contributed by atoms with Crippen LogP contribution in [-0.2, 0) is 0 Å². The van der Waals surface area contributed by atoms with Crippen molar-refractivity contribution in [2.75, 3.05) is 46.4 Å². The Hall–Kier alpha value is -3.80. The normalized spacial score (nSPS) is 20.0. The van der Waals surface area contributed by atoms with Gasteiger partial charge in [0.2, 0.25) is 11.6 Å². The van der Waals surface area contributed by atoms with E-state index in [9.17, 15) is 19.6 Å². The number of amides is 1. The van der Waals surface area contributed by atoms with E-state index in [0.29, 0.717) is 43.9 Å². The maximum absolute atomic E-state index is 13.0. The predicted octanol–water partition coefficient (Wildman–Crippen LogP) is -0.353. The van der Waals surface area contributed by atoms with Crippen LogP contribution in [0.1, 0.15) is 37.6 Å². The van der Waals surface area contributed by atoms with Crippen molar-refractivity contribution in [1.82, 2.24) is 25.2 Å². The minimum atomic E-state index is -0.473. The minimum absolute atomic E-state index is 0.00474. The molecule has 1 aromatic heterocycles. The van der Waals surface area contributed by atoms with Crippen LogP contribution in [0.4, 0.5) is 0 Å². The fourth-order valence-corrected chi connectivity index (χ4v) is 4.64. The molecule has 2 N–H and O–H groups in total. The van der Waals surface area contributed by atoms with E-state index < -0.39 is 16.8 Å². The number of piperazine rings is 1. The van der Waals surface area contributed by atoms with E-state index in [4.69, 9.17) is 4.74 Å². The fraction of sp³-hybridized carbons (Fsp3) is 0.333. The van der Waals surface area contributed by atoms with E-state index in [-0.39, 0.29) is 28.6 Å². The third-order valence-corrected chi connectivity index (χ3v) is 6.55. The number of hydrogen-bond acceptors (Lipinski definition) is 9. The molecule has 5 rings (SSSR count). The number of pyridine rings is 1. The summed E-state index contributed by atoms with van der Waals surface area (Å²) in [6, 6.07) is 10.2. The van der Waals surface area contributed by atoms with E-state index in [1.807, 2.05) is 4.90 Å². The molecular formula is C24H26N6O5. The lowest BCUT2D eigenvalue weighted by atomic mass is 9.95. The molecule has 182 valence electrons. The molecule has 1 amide bonds. The summed E-state index contributed by atoms with van der Waals surface area (Å²) in [5, 5.41) is 13.4. The number of quaternary nitrogens is 1. The summed E-state index contributed by atoms with van der Waals surface area (Å²) in [6.45, 7) is 3.66. The summed E-state index contributed by atoms with van der Waals surface area (Å²) in [4.78, 5) is 46.6. The number of carbonyl (C=O) groups excluding carboxylic acids is 3. The Morgan fingerprint density at radius 3 is 2.54 bits per heavy atom. The highest BCUT2D eigenvalue weighted by molar-refractivity contribution is 6.25.